The summed E-state index contributed by atoms with van der Waals surface area (Å²) in [6.45, 7) is 2.00. The number of thioether (sulfide) groups is 1. The summed E-state index contributed by atoms with van der Waals surface area (Å²) in [5, 5.41) is 0. The van der Waals surface area contributed by atoms with E-state index in [4.69, 9.17) is 12.2 Å². The lowest BCUT2D eigenvalue weighted by atomic mass is 10.1. The number of halogens is 1. The normalized spacial score (nSPS) is 17.8. The Morgan fingerprint density at radius 1 is 1.13 bits per heavy atom. The molecule has 0 N–H and O–H groups in total. The fourth-order valence-corrected chi connectivity index (χ4v) is 4.09. The molecule has 116 valence electrons. The molecule has 1 heterocycles. The molecule has 5 heteroatoms. The summed E-state index contributed by atoms with van der Waals surface area (Å²) in [6, 6.07) is 17.7. The number of rotatable bonds is 3. The number of carbonyl (C=O) groups is 1. The molecule has 0 radical (unpaired) electrons. The Hall–Kier alpha value is -1.43. The van der Waals surface area contributed by atoms with Gasteiger partial charge in [-0.3, -0.25) is 9.69 Å². The first-order valence-electron chi connectivity index (χ1n) is 7.14. The van der Waals surface area contributed by atoms with Crippen LogP contribution >= 0.6 is 39.9 Å². The van der Waals surface area contributed by atoms with Crippen LogP contribution in [0.15, 0.2) is 64.0 Å². The maximum atomic E-state index is 12.7. The molecule has 2 aromatic rings. The first-order chi connectivity index (χ1) is 11.1. The van der Waals surface area contributed by atoms with Crippen LogP contribution in [0.2, 0.25) is 0 Å². The lowest BCUT2D eigenvalue weighted by molar-refractivity contribution is -0.123. The zero-order chi connectivity index (χ0) is 16.4. The lowest BCUT2D eigenvalue weighted by Crippen LogP contribution is -2.30. The van der Waals surface area contributed by atoms with Crippen LogP contribution in [-0.2, 0) is 4.79 Å². The molecule has 1 aliphatic rings. The number of carbonyl (C=O) groups excluding carboxylic acids is 1. The van der Waals surface area contributed by atoms with E-state index >= 15 is 0 Å². The molecule has 1 aliphatic heterocycles. The Bertz CT molecular complexity index is 771. The Morgan fingerprint density at radius 2 is 1.78 bits per heavy atom. The van der Waals surface area contributed by atoms with Gasteiger partial charge in [-0.15, -0.1) is 0 Å². The first-order valence-corrected chi connectivity index (χ1v) is 9.15. The highest BCUT2D eigenvalue weighted by atomic mass is 79.9. The van der Waals surface area contributed by atoms with E-state index in [9.17, 15) is 4.79 Å². The molecule has 0 aromatic heterocycles. The lowest BCUT2D eigenvalue weighted by Gasteiger charge is -2.23. The number of amides is 1. The van der Waals surface area contributed by atoms with Gasteiger partial charge in [0.2, 0.25) is 0 Å². The zero-order valence-electron chi connectivity index (χ0n) is 12.4. The average Bonchev–Trinajstić information content (AvgIpc) is 2.84. The van der Waals surface area contributed by atoms with E-state index in [-0.39, 0.29) is 11.9 Å². The molecule has 0 aliphatic carbocycles. The Labute approximate surface area is 153 Å². The van der Waals surface area contributed by atoms with E-state index < -0.39 is 0 Å². The van der Waals surface area contributed by atoms with Crippen LogP contribution in [0.1, 0.15) is 24.1 Å². The van der Waals surface area contributed by atoms with E-state index in [1.807, 2.05) is 67.6 Å². The fourth-order valence-electron chi connectivity index (χ4n) is 2.40. The number of benzene rings is 2. The summed E-state index contributed by atoms with van der Waals surface area (Å²) in [4.78, 5) is 15.1. The highest BCUT2D eigenvalue weighted by Crippen LogP contribution is 2.37. The SMILES string of the molecule is CC(c1ccccc1)N1C(=O)C(=Cc2ccc(Br)cc2)SC1=S. The van der Waals surface area contributed by atoms with Crippen molar-refractivity contribution in [3.8, 4) is 0 Å². The van der Waals surface area contributed by atoms with Gasteiger partial charge in [-0.05, 0) is 36.3 Å². The summed E-state index contributed by atoms with van der Waals surface area (Å²) in [7, 11) is 0. The summed E-state index contributed by atoms with van der Waals surface area (Å²) in [5.74, 6) is -0.0285. The molecule has 2 nitrogen and oxygen atoms in total. The average molecular weight is 404 g/mol. The second kappa shape index (κ2) is 6.99. The van der Waals surface area contributed by atoms with Crippen LogP contribution in [0, 0.1) is 0 Å². The monoisotopic (exact) mass is 403 g/mol. The van der Waals surface area contributed by atoms with E-state index in [1.165, 1.54) is 11.8 Å². The highest BCUT2D eigenvalue weighted by molar-refractivity contribution is 9.10. The van der Waals surface area contributed by atoms with Gasteiger partial charge >= 0.3 is 0 Å². The summed E-state index contributed by atoms with van der Waals surface area (Å²) in [5.41, 5.74) is 2.06. The van der Waals surface area contributed by atoms with E-state index in [1.54, 1.807) is 4.90 Å². The second-order valence-electron chi connectivity index (χ2n) is 5.19. The van der Waals surface area contributed by atoms with E-state index in [2.05, 4.69) is 15.9 Å². The molecule has 1 unspecified atom stereocenters. The van der Waals surface area contributed by atoms with Gasteiger partial charge in [0.1, 0.15) is 4.32 Å². The smallest absolute Gasteiger partial charge is 0.266 e. The van der Waals surface area contributed by atoms with Gasteiger partial charge in [0, 0.05) is 4.47 Å². The maximum Gasteiger partial charge on any atom is 0.266 e. The molecule has 0 saturated carbocycles. The van der Waals surface area contributed by atoms with Gasteiger partial charge in [-0.1, -0.05) is 82.4 Å². The predicted octanol–water partition coefficient (Wildman–Crippen LogP) is 5.41. The van der Waals surface area contributed by atoms with Gasteiger partial charge in [0.15, 0.2) is 0 Å². The molecule has 23 heavy (non-hydrogen) atoms. The van der Waals surface area contributed by atoms with Crippen molar-refractivity contribution in [2.45, 2.75) is 13.0 Å². The maximum absolute atomic E-state index is 12.7. The quantitative estimate of drug-likeness (QED) is 0.504. The highest BCUT2D eigenvalue weighted by Gasteiger charge is 2.35. The van der Waals surface area contributed by atoms with Crippen molar-refractivity contribution in [3.05, 3.63) is 75.1 Å². The third kappa shape index (κ3) is 3.57. The molecule has 1 saturated heterocycles. The molecule has 3 rings (SSSR count). The van der Waals surface area contributed by atoms with Crippen molar-refractivity contribution in [1.82, 2.24) is 4.90 Å². The number of hydrogen-bond acceptors (Lipinski definition) is 3. The molecule has 1 fully saturated rings. The molecule has 1 amide bonds. The van der Waals surface area contributed by atoms with E-state index in [0.717, 1.165) is 15.6 Å². The second-order valence-corrected chi connectivity index (χ2v) is 7.78. The van der Waals surface area contributed by atoms with Crippen molar-refractivity contribution < 1.29 is 4.79 Å². The van der Waals surface area contributed by atoms with Crippen LogP contribution in [-0.4, -0.2) is 15.1 Å². The van der Waals surface area contributed by atoms with Crippen LogP contribution in [0.5, 0.6) is 0 Å². The van der Waals surface area contributed by atoms with Crippen molar-refractivity contribution >= 4 is 56.2 Å². The zero-order valence-corrected chi connectivity index (χ0v) is 15.6. The van der Waals surface area contributed by atoms with Gasteiger partial charge in [0.25, 0.3) is 5.91 Å². The van der Waals surface area contributed by atoms with Crippen LogP contribution in [0.3, 0.4) is 0 Å². The number of nitrogens with zero attached hydrogens (tertiary/aromatic N) is 1. The van der Waals surface area contributed by atoms with Gasteiger partial charge in [-0.2, -0.15) is 0 Å². The van der Waals surface area contributed by atoms with Gasteiger partial charge < -0.3 is 0 Å². The Balaban J connectivity index is 1.86. The standard InChI is InChI=1S/C18H14BrNOS2/c1-12(14-5-3-2-4-6-14)20-17(21)16(23-18(20)22)11-13-7-9-15(19)10-8-13/h2-12H,1H3. The summed E-state index contributed by atoms with van der Waals surface area (Å²) in [6.07, 6.45) is 1.89. The Kier molecular flexibility index (Phi) is 4.99. The number of thiocarbonyl (C=S) groups is 1. The molecule has 0 bridgehead atoms. The van der Waals surface area contributed by atoms with Gasteiger partial charge in [-0.25, -0.2) is 0 Å². The molecular weight excluding hydrogens is 390 g/mol. The minimum Gasteiger partial charge on any atom is -0.286 e. The van der Waals surface area contributed by atoms with Crippen LogP contribution in [0.25, 0.3) is 6.08 Å². The summed E-state index contributed by atoms with van der Waals surface area (Å²) >= 11 is 10.2. The largest absolute Gasteiger partial charge is 0.286 e. The molecular formula is C18H14BrNOS2. The topological polar surface area (TPSA) is 20.3 Å². The van der Waals surface area contributed by atoms with Crippen LogP contribution in [0.4, 0.5) is 0 Å². The van der Waals surface area contributed by atoms with Crippen LogP contribution < -0.4 is 0 Å². The van der Waals surface area contributed by atoms with Crippen molar-refractivity contribution in [2.24, 2.45) is 0 Å². The third-order valence-corrected chi connectivity index (χ3v) is 5.52. The van der Waals surface area contributed by atoms with Crippen molar-refractivity contribution in [1.29, 1.82) is 0 Å². The van der Waals surface area contributed by atoms with Crippen molar-refractivity contribution in [2.75, 3.05) is 0 Å². The number of hydrogen-bond donors (Lipinski definition) is 0. The Morgan fingerprint density at radius 3 is 2.43 bits per heavy atom. The first kappa shape index (κ1) is 16.4. The van der Waals surface area contributed by atoms with Crippen molar-refractivity contribution in [3.63, 3.8) is 0 Å². The van der Waals surface area contributed by atoms with Gasteiger partial charge in [0.05, 0.1) is 10.9 Å². The fraction of sp³-hybridized carbons (Fsp3) is 0.111. The third-order valence-electron chi connectivity index (χ3n) is 3.66. The molecule has 0 spiro atoms. The predicted molar refractivity (Wildman–Crippen MR) is 104 cm³/mol. The van der Waals surface area contributed by atoms with E-state index in [0.29, 0.717) is 9.23 Å². The molecule has 2 aromatic carbocycles. The molecule has 1 atom stereocenters. The minimum atomic E-state index is -0.0699. The minimum absolute atomic E-state index is 0.0285. The summed E-state index contributed by atoms with van der Waals surface area (Å²) < 4.78 is 1.62.